The van der Waals surface area contributed by atoms with E-state index >= 15 is 0 Å². The van der Waals surface area contributed by atoms with Crippen LogP contribution < -0.4 is 0 Å². The minimum atomic E-state index is -2.56. The van der Waals surface area contributed by atoms with Crippen LogP contribution in [0.2, 0.25) is 0 Å². The van der Waals surface area contributed by atoms with Crippen LogP contribution in [0, 0.1) is 0 Å². The fraction of sp³-hybridized carbons (Fsp3) is 0.250. The molecule has 1 aromatic rings. The van der Waals surface area contributed by atoms with Crippen LogP contribution in [0.1, 0.15) is 5.56 Å². The molecule has 5 heteroatoms. The van der Waals surface area contributed by atoms with Gasteiger partial charge in [-0.1, -0.05) is 28.1 Å². The molecule has 0 saturated carbocycles. The van der Waals surface area contributed by atoms with Gasteiger partial charge in [-0.25, -0.2) is 8.78 Å². The maximum absolute atomic E-state index is 12.5. The van der Waals surface area contributed by atoms with Gasteiger partial charge in [0.1, 0.15) is 0 Å². The van der Waals surface area contributed by atoms with Crippen molar-refractivity contribution in [1.82, 2.24) is 0 Å². The Balaban J connectivity index is 2.31. The van der Waals surface area contributed by atoms with E-state index in [1.807, 2.05) is 0 Å². The molecule has 68 valence electrons. The Hall–Kier alpha value is -0.840. The van der Waals surface area contributed by atoms with Crippen LogP contribution in [0.5, 0.6) is 0 Å². The van der Waals surface area contributed by atoms with Crippen molar-refractivity contribution in [3.8, 4) is 0 Å². The molecule has 2 rings (SSSR count). The first-order valence-electron chi connectivity index (χ1n) is 3.63. The van der Waals surface area contributed by atoms with E-state index in [-0.39, 0.29) is 0 Å². The normalized spacial score (nSPS) is 17.8. The van der Waals surface area contributed by atoms with Crippen molar-refractivity contribution in [2.45, 2.75) is 12.1 Å². The van der Waals surface area contributed by atoms with Crippen molar-refractivity contribution in [3.05, 3.63) is 34.3 Å². The predicted molar refractivity (Wildman–Crippen MR) is 46.7 cm³/mol. The first-order chi connectivity index (χ1) is 6.15. The second kappa shape index (κ2) is 2.83. The third-order valence-corrected chi connectivity index (χ3v) is 2.42. The number of hydrogen-bond acceptors (Lipinski definition) is 2. The third-order valence-electron chi connectivity index (χ3n) is 1.89. The zero-order valence-electron chi connectivity index (χ0n) is 6.42. The minimum absolute atomic E-state index is 0.436. The summed E-state index contributed by atoms with van der Waals surface area (Å²) >= 11 is 3.22. The first kappa shape index (κ1) is 8.74. The molecule has 0 spiro atoms. The molecule has 1 heterocycles. The Morgan fingerprint density at radius 3 is 2.08 bits per heavy atom. The average Bonchev–Trinajstić information content (AvgIpc) is 2.86. The van der Waals surface area contributed by atoms with Crippen molar-refractivity contribution < 1.29 is 8.78 Å². The number of halogens is 3. The lowest BCUT2D eigenvalue weighted by Crippen LogP contribution is -2.18. The van der Waals surface area contributed by atoms with Crippen LogP contribution in [0.25, 0.3) is 0 Å². The van der Waals surface area contributed by atoms with E-state index in [0.717, 1.165) is 4.47 Å². The predicted octanol–water partition coefficient (Wildman–Crippen LogP) is 3.33. The summed E-state index contributed by atoms with van der Waals surface area (Å²) in [4.78, 5) is 0. The molecule has 0 saturated heterocycles. The van der Waals surface area contributed by atoms with Crippen LogP contribution in [-0.2, 0) is 5.66 Å². The number of rotatable bonds is 2. The van der Waals surface area contributed by atoms with Crippen molar-refractivity contribution in [2.75, 3.05) is 0 Å². The van der Waals surface area contributed by atoms with Crippen LogP contribution in [-0.4, -0.2) is 6.43 Å². The Kier molecular flexibility index (Phi) is 1.91. The summed E-state index contributed by atoms with van der Waals surface area (Å²) in [6.45, 7) is 0. The third kappa shape index (κ3) is 1.37. The van der Waals surface area contributed by atoms with Crippen molar-refractivity contribution in [1.29, 1.82) is 0 Å². The number of hydrogen-bond donors (Lipinski definition) is 0. The summed E-state index contributed by atoms with van der Waals surface area (Å²) in [5.41, 5.74) is -1.13. The summed E-state index contributed by atoms with van der Waals surface area (Å²) in [6, 6.07) is 6.58. The van der Waals surface area contributed by atoms with Gasteiger partial charge in [0.15, 0.2) is 0 Å². The van der Waals surface area contributed by atoms with E-state index in [9.17, 15) is 8.78 Å². The molecule has 13 heavy (non-hydrogen) atoms. The molecule has 2 nitrogen and oxygen atoms in total. The van der Waals surface area contributed by atoms with E-state index in [1.165, 1.54) is 0 Å². The molecule has 0 atom stereocenters. The summed E-state index contributed by atoms with van der Waals surface area (Å²) in [7, 11) is 0. The maximum atomic E-state index is 12.5. The van der Waals surface area contributed by atoms with Gasteiger partial charge in [-0.3, -0.25) is 0 Å². The topological polar surface area (TPSA) is 24.7 Å². The molecular weight excluding hydrogens is 242 g/mol. The second-order valence-electron chi connectivity index (χ2n) is 2.73. The molecular formula is C8H5BrF2N2. The van der Waals surface area contributed by atoms with Gasteiger partial charge in [0, 0.05) is 10.0 Å². The highest BCUT2D eigenvalue weighted by atomic mass is 79.9. The van der Waals surface area contributed by atoms with Gasteiger partial charge in [0.2, 0.25) is 0 Å². The molecule has 0 fully saturated rings. The van der Waals surface area contributed by atoms with Crippen LogP contribution in [0.15, 0.2) is 39.0 Å². The van der Waals surface area contributed by atoms with Crippen LogP contribution >= 0.6 is 15.9 Å². The molecule has 0 bridgehead atoms. The molecule has 0 aliphatic carbocycles. The first-order valence-corrected chi connectivity index (χ1v) is 4.43. The molecule has 1 aliphatic heterocycles. The standard InChI is InChI=1S/C8H5BrF2N2/c9-6-3-1-5(2-4-6)8(7(10)11)12-13-8/h1-4,7H. The van der Waals surface area contributed by atoms with E-state index in [2.05, 4.69) is 26.2 Å². The number of nitrogens with zero attached hydrogens (tertiary/aromatic N) is 2. The van der Waals surface area contributed by atoms with Crippen molar-refractivity contribution >= 4 is 15.9 Å². The van der Waals surface area contributed by atoms with E-state index < -0.39 is 12.1 Å². The van der Waals surface area contributed by atoms with Gasteiger partial charge in [-0.2, -0.15) is 0 Å². The molecule has 0 aromatic heterocycles. The average molecular weight is 247 g/mol. The lowest BCUT2D eigenvalue weighted by molar-refractivity contribution is 0.0930. The lowest BCUT2D eigenvalue weighted by Gasteiger charge is -2.08. The zero-order valence-corrected chi connectivity index (χ0v) is 8.00. The van der Waals surface area contributed by atoms with Crippen LogP contribution in [0.3, 0.4) is 0 Å². The van der Waals surface area contributed by atoms with E-state index in [0.29, 0.717) is 5.56 Å². The van der Waals surface area contributed by atoms with Crippen molar-refractivity contribution in [3.63, 3.8) is 0 Å². The summed E-state index contributed by atoms with van der Waals surface area (Å²) < 4.78 is 25.8. The monoisotopic (exact) mass is 246 g/mol. The fourth-order valence-corrected chi connectivity index (χ4v) is 1.34. The van der Waals surface area contributed by atoms with Gasteiger partial charge in [0.05, 0.1) is 0 Å². The highest BCUT2D eigenvalue weighted by Gasteiger charge is 2.51. The molecule has 0 amide bonds. The zero-order chi connectivity index (χ0) is 9.47. The smallest absolute Gasteiger partial charge is 0.205 e. The SMILES string of the molecule is FC(F)C1(c2ccc(Br)cc2)N=N1. The molecule has 0 unspecified atom stereocenters. The largest absolute Gasteiger partial charge is 0.291 e. The number of alkyl halides is 2. The molecule has 0 N–H and O–H groups in total. The Labute approximate surface area is 81.8 Å². The van der Waals surface area contributed by atoms with E-state index in [1.54, 1.807) is 24.3 Å². The quantitative estimate of drug-likeness (QED) is 0.765. The van der Waals surface area contributed by atoms with Gasteiger partial charge >= 0.3 is 0 Å². The Morgan fingerprint density at radius 1 is 1.15 bits per heavy atom. The molecule has 1 aliphatic rings. The lowest BCUT2D eigenvalue weighted by atomic mass is 10.0. The van der Waals surface area contributed by atoms with Gasteiger partial charge in [0.25, 0.3) is 12.1 Å². The molecule has 1 aromatic carbocycles. The van der Waals surface area contributed by atoms with Gasteiger partial charge in [-0.05, 0) is 12.1 Å². The Morgan fingerprint density at radius 2 is 1.69 bits per heavy atom. The Bertz CT molecular complexity index is 342. The van der Waals surface area contributed by atoms with Crippen molar-refractivity contribution in [2.24, 2.45) is 10.2 Å². The summed E-state index contributed by atoms with van der Waals surface area (Å²) in [5.74, 6) is 0. The number of benzene rings is 1. The highest BCUT2D eigenvalue weighted by Crippen LogP contribution is 2.44. The van der Waals surface area contributed by atoms with Gasteiger partial charge in [-0.15, -0.1) is 10.2 Å². The maximum Gasteiger partial charge on any atom is 0.291 e. The minimum Gasteiger partial charge on any atom is -0.205 e. The van der Waals surface area contributed by atoms with Gasteiger partial charge < -0.3 is 0 Å². The van der Waals surface area contributed by atoms with E-state index in [4.69, 9.17) is 0 Å². The fourth-order valence-electron chi connectivity index (χ4n) is 1.08. The van der Waals surface area contributed by atoms with Crippen LogP contribution in [0.4, 0.5) is 8.78 Å². The molecule has 0 radical (unpaired) electrons. The summed E-state index contributed by atoms with van der Waals surface area (Å²) in [5, 5.41) is 6.79. The second-order valence-corrected chi connectivity index (χ2v) is 3.65. The highest BCUT2D eigenvalue weighted by molar-refractivity contribution is 9.10. The summed E-state index contributed by atoms with van der Waals surface area (Å²) in [6.07, 6.45) is -2.56.